The van der Waals surface area contributed by atoms with Crippen LogP contribution in [0.25, 0.3) is 66.1 Å². The maximum atomic E-state index is 2.35. The van der Waals surface area contributed by atoms with E-state index in [4.69, 9.17) is 0 Å². The fourth-order valence-electron chi connectivity index (χ4n) is 7.36. The summed E-state index contributed by atoms with van der Waals surface area (Å²) in [5, 5.41) is 4.99. The summed E-state index contributed by atoms with van der Waals surface area (Å²) >= 11 is 0. The van der Waals surface area contributed by atoms with Crippen molar-refractivity contribution >= 4 is 38.6 Å². The van der Waals surface area contributed by atoms with E-state index in [0.29, 0.717) is 0 Å². The summed E-state index contributed by atoms with van der Waals surface area (Å²) in [6.07, 6.45) is 0. The van der Waals surface area contributed by atoms with Gasteiger partial charge in [-0.25, -0.2) is 0 Å². The van der Waals surface area contributed by atoms with E-state index in [1.807, 2.05) is 0 Å². The molecule has 0 bridgehead atoms. The summed E-state index contributed by atoms with van der Waals surface area (Å²) in [6.45, 7) is 0. The van der Waals surface area contributed by atoms with Gasteiger partial charge >= 0.3 is 0 Å². The Balaban J connectivity index is 1.16. The Hall–Kier alpha value is -6.70. The van der Waals surface area contributed by atoms with Crippen molar-refractivity contribution in [1.29, 1.82) is 0 Å². The molecule has 240 valence electrons. The zero-order chi connectivity index (χ0) is 34.0. The summed E-state index contributed by atoms with van der Waals surface area (Å²) in [5.41, 5.74) is 13.1. The van der Waals surface area contributed by atoms with Crippen LogP contribution in [0.2, 0.25) is 0 Å². The molecule has 0 saturated carbocycles. The second-order valence-electron chi connectivity index (χ2n) is 12.9. The molecule has 0 aliphatic heterocycles. The van der Waals surface area contributed by atoms with Crippen LogP contribution in [0.4, 0.5) is 17.1 Å². The molecule has 0 amide bonds. The van der Waals surface area contributed by atoms with Crippen molar-refractivity contribution in [2.24, 2.45) is 0 Å². The van der Waals surface area contributed by atoms with Crippen LogP contribution < -0.4 is 4.90 Å². The highest BCUT2D eigenvalue weighted by atomic mass is 15.1. The van der Waals surface area contributed by atoms with Crippen molar-refractivity contribution in [3.8, 4) is 44.5 Å². The molecule has 0 saturated heterocycles. The van der Waals surface area contributed by atoms with Crippen molar-refractivity contribution in [3.63, 3.8) is 0 Å². The van der Waals surface area contributed by atoms with E-state index in [9.17, 15) is 0 Å². The number of hydrogen-bond acceptors (Lipinski definition) is 1. The molecule has 0 atom stereocenters. The number of fused-ring (bicyclic) bond motifs is 2. The maximum Gasteiger partial charge on any atom is 0.0462 e. The van der Waals surface area contributed by atoms with Gasteiger partial charge in [0.1, 0.15) is 0 Å². The van der Waals surface area contributed by atoms with Crippen LogP contribution in [0.5, 0.6) is 0 Å². The molecule has 9 aromatic carbocycles. The van der Waals surface area contributed by atoms with Gasteiger partial charge in [-0.05, 0) is 102 Å². The van der Waals surface area contributed by atoms with E-state index in [1.54, 1.807) is 0 Å². The van der Waals surface area contributed by atoms with Crippen LogP contribution >= 0.6 is 0 Å². The lowest BCUT2D eigenvalue weighted by Crippen LogP contribution is -2.09. The summed E-state index contributed by atoms with van der Waals surface area (Å²) in [7, 11) is 0. The Labute approximate surface area is 299 Å². The average molecular weight is 650 g/mol. The Bertz CT molecular complexity index is 2500. The lowest BCUT2D eigenvalue weighted by atomic mass is 9.88. The third-order valence-electron chi connectivity index (χ3n) is 9.89. The minimum atomic E-state index is 1.10. The smallest absolute Gasteiger partial charge is 0.0462 e. The van der Waals surface area contributed by atoms with Gasteiger partial charge in [0.25, 0.3) is 0 Å². The first-order valence-corrected chi connectivity index (χ1v) is 17.5. The molecule has 0 aromatic heterocycles. The van der Waals surface area contributed by atoms with Gasteiger partial charge < -0.3 is 4.90 Å². The van der Waals surface area contributed by atoms with E-state index in [1.165, 1.54) is 66.1 Å². The highest BCUT2D eigenvalue weighted by Crippen LogP contribution is 2.43. The lowest BCUT2D eigenvalue weighted by Gasteiger charge is -2.26. The maximum absolute atomic E-state index is 2.35. The largest absolute Gasteiger partial charge is 0.311 e. The zero-order valence-electron chi connectivity index (χ0n) is 28.2. The van der Waals surface area contributed by atoms with Crippen LogP contribution in [0.1, 0.15) is 0 Å². The van der Waals surface area contributed by atoms with E-state index >= 15 is 0 Å². The monoisotopic (exact) mass is 649 g/mol. The predicted octanol–water partition coefficient (Wildman–Crippen LogP) is 14.1. The Morgan fingerprint density at radius 1 is 0.235 bits per heavy atom. The summed E-state index contributed by atoms with van der Waals surface area (Å²) in [5.74, 6) is 0. The highest BCUT2D eigenvalue weighted by molar-refractivity contribution is 6.08. The van der Waals surface area contributed by atoms with Crippen molar-refractivity contribution in [1.82, 2.24) is 0 Å². The Morgan fingerprint density at radius 3 is 1.20 bits per heavy atom. The minimum absolute atomic E-state index is 1.10. The quantitative estimate of drug-likeness (QED) is 0.166. The molecule has 0 fully saturated rings. The van der Waals surface area contributed by atoms with E-state index in [0.717, 1.165) is 17.1 Å². The normalized spacial score (nSPS) is 11.1. The Kier molecular flexibility index (Phi) is 7.92. The SMILES string of the molecule is c1ccc(-c2ccc(N(c3ccc(-c4ccccc4)cc3)c3ccc(-c4c(-c5cccc6ccccc56)ccc5ccccc45)cc3)cc2)cc1. The molecule has 51 heavy (non-hydrogen) atoms. The predicted molar refractivity (Wildman–Crippen MR) is 218 cm³/mol. The average Bonchev–Trinajstić information content (AvgIpc) is 3.22. The standard InChI is InChI=1S/C50H35N/c1-3-12-36(13-4-1)38-22-29-43(30-23-38)51(44-31-24-39(25-32-44)37-14-5-2-6-15-37)45-33-26-42(27-34-45)50-47-20-10-8-17-41(47)28-35-49(50)48-21-11-18-40-16-7-9-19-46(40)48/h1-35H. The molecule has 0 heterocycles. The third kappa shape index (κ3) is 5.86. The van der Waals surface area contributed by atoms with E-state index in [2.05, 4.69) is 217 Å². The first kappa shape index (κ1) is 30.4. The molecule has 0 radical (unpaired) electrons. The van der Waals surface area contributed by atoms with Crippen molar-refractivity contribution < 1.29 is 0 Å². The van der Waals surface area contributed by atoms with Gasteiger partial charge in [0.15, 0.2) is 0 Å². The third-order valence-corrected chi connectivity index (χ3v) is 9.89. The molecular weight excluding hydrogens is 615 g/mol. The number of nitrogens with zero attached hydrogens (tertiary/aromatic N) is 1. The second kappa shape index (κ2) is 13.3. The molecule has 0 unspecified atom stereocenters. The van der Waals surface area contributed by atoms with Gasteiger partial charge in [-0.3, -0.25) is 0 Å². The molecule has 0 spiro atoms. The Morgan fingerprint density at radius 2 is 0.647 bits per heavy atom. The number of benzene rings is 9. The summed E-state index contributed by atoms with van der Waals surface area (Å²) in [4.78, 5) is 2.35. The molecule has 0 N–H and O–H groups in total. The first-order chi connectivity index (χ1) is 25.3. The fourth-order valence-corrected chi connectivity index (χ4v) is 7.36. The summed E-state index contributed by atoms with van der Waals surface area (Å²) in [6, 6.07) is 76.6. The minimum Gasteiger partial charge on any atom is -0.311 e. The molecule has 1 heteroatoms. The van der Waals surface area contributed by atoms with Crippen LogP contribution in [0.3, 0.4) is 0 Å². The van der Waals surface area contributed by atoms with E-state index < -0.39 is 0 Å². The van der Waals surface area contributed by atoms with Gasteiger partial charge in [-0.1, -0.05) is 176 Å². The molecule has 0 aliphatic carbocycles. The number of rotatable bonds is 7. The molecule has 1 nitrogen and oxygen atoms in total. The van der Waals surface area contributed by atoms with Gasteiger partial charge in [-0.15, -0.1) is 0 Å². The second-order valence-corrected chi connectivity index (χ2v) is 12.9. The van der Waals surface area contributed by atoms with Gasteiger partial charge in [0.2, 0.25) is 0 Å². The first-order valence-electron chi connectivity index (χ1n) is 17.5. The van der Waals surface area contributed by atoms with Crippen LogP contribution in [0.15, 0.2) is 212 Å². The van der Waals surface area contributed by atoms with Crippen LogP contribution in [-0.4, -0.2) is 0 Å². The fraction of sp³-hybridized carbons (Fsp3) is 0. The summed E-state index contributed by atoms with van der Waals surface area (Å²) < 4.78 is 0. The van der Waals surface area contributed by atoms with Crippen LogP contribution in [0, 0.1) is 0 Å². The molecule has 9 aromatic rings. The van der Waals surface area contributed by atoms with Crippen molar-refractivity contribution in [3.05, 3.63) is 212 Å². The molecule has 9 rings (SSSR count). The van der Waals surface area contributed by atoms with Crippen molar-refractivity contribution in [2.75, 3.05) is 4.90 Å². The van der Waals surface area contributed by atoms with Crippen molar-refractivity contribution in [2.45, 2.75) is 0 Å². The zero-order valence-corrected chi connectivity index (χ0v) is 28.2. The number of hydrogen-bond donors (Lipinski definition) is 0. The van der Waals surface area contributed by atoms with Gasteiger partial charge in [0, 0.05) is 17.1 Å². The van der Waals surface area contributed by atoms with Gasteiger partial charge in [-0.2, -0.15) is 0 Å². The highest BCUT2D eigenvalue weighted by Gasteiger charge is 2.17. The van der Waals surface area contributed by atoms with E-state index in [-0.39, 0.29) is 0 Å². The van der Waals surface area contributed by atoms with Gasteiger partial charge in [0.05, 0.1) is 0 Å². The topological polar surface area (TPSA) is 3.24 Å². The molecule has 0 aliphatic rings. The lowest BCUT2D eigenvalue weighted by molar-refractivity contribution is 1.28. The number of anilines is 3. The van der Waals surface area contributed by atoms with Crippen LogP contribution in [-0.2, 0) is 0 Å². The molecular formula is C50H35N.